The van der Waals surface area contributed by atoms with Gasteiger partial charge in [0.05, 0.1) is 11.1 Å². The summed E-state index contributed by atoms with van der Waals surface area (Å²) >= 11 is 0. The van der Waals surface area contributed by atoms with E-state index in [1.54, 1.807) is 7.05 Å². The molecule has 4 rings (SSSR count). The smallest absolute Gasteiger partial charge is 0.227 e. The minimum absolute atomic E-state index is 0.732. The average Bonchev–Trinajstić information content (AvgIpc) is 2.98. The van der Waals surface area contributed by atoms with Gasteiger partial charge in [-0.3, -0.25) is 0 Å². The fourth-order valence-corrected chi connectivity index (χ4v) is 3.41. The van der Waals surface area contributed by atoms with Gasteiger partial charge in [-0.15, -0.1) is 0 Å². The van der Waals surface area contributed by atoms with Crippen LogP contribution in [0.3, 0.4) is 0 Å². The van der Waals surface area contributed by atoms with Crippen molar-refractivity contribution < 1.29 is 4.74 Å². The molecule has 1 aliphatic carbocycles. The van der Waals surface area contributed by atoms with Gasteiger partial charge < -0.3 is 5.21 Å². The fourth-order valence-electron chi connectivity index (χ4n) is 3.41. The van der Waals surface area contributed by atoms with Crippen LogP contribution in [-0.2, 0) is 0 Å². The van der Waals surface area contributed by atoms with Crippen molar-refractivity contribution in [3.05, 3.63) is 112 Å². The maximum atomic E-state index is 12.4. The predicted molar refractivity (Wildman–Crippen MR) is 98.9 cm³/mol. The minimum atomic E-state index is 0.732. The van der Waals surface area contributed by atoms with Crippen LogP contribution in [0.5, 0.6) is 0 Å². The fraction of sp³-hybridized carbons (Fsp3) is 0.0455. The summed E-state index contributed by atoms with van der Waals surface area (Å²) in [6, 6.07) is 28.6. The highest BCUT2D eigenvalue weighted by atomic mass is 16.5. The quantitative estimate of drug-likeness (QED) is 0.386. The van der Waals surface area contributed by atoms with Crippen molar-refractivity contribution in [2.24, 2.45) is 0 Å². The first-order valence-corrected chi connectivity index (χ1v) is 8.00. The highest BCUT2D eigenvalue weighted by molar-refractivity contribution is 6.41. The van der Waals surface area contributed by atoms with Crippen LogP contribution in [0.2, 0.25) is 0 Å². The van der Waals surface area contributed by atoms with E-state index in [1.807, 2.05) is 54.6 Å². The zero-order valence-electron chi connectivity index (χ0n) is 13.4. The largest absolute Gasteiger partial charge is 0.624 e. The van der Waals surface area contributed by atoms with Gasteiger partial charge in [0.2, 0.25) is 5.71 Å². The van der Waals surface area contributed by atoms with Crippen molar-refractivity contribution in [2.75, 3.05) is 7.05 Å². The maximum Gasteiger partial charge on any atom is 0.227 e. The van der Waals surface area contributed by atoms with Crippen molar-refractivity contribution in [2.45, 2.75) is 0 Å². The van der Waals surface area contributed by atoms with Crippen LogP contribution in [0.1, 0.15) is 22.3 Å². The number of hydrogen-bond donors (Lipinski definition) is 0. The van der Waals surface area contributed by atoms with Crippen LogP contribution >= 0.6 is 0 Å². The molecule has 2 nitrogen and oxygen atoms in total. The SMILES string of the molecule is C/[N+]([O-])=C1\C(c2ccccc2)=C(c2ccccc2)c2ccccc21. The van der Waals surface area contributed by atoms with Crippen molar-refractivity contribution in [1.29, 1.82) is 0 Å². The summed E-state index contributed by atoms with van der Waals surface area (Å²) in [5, 5.41) is 12.4. The Morgan fingerprint density at radius 3 is 1.58 bits per heavy atom. The lowest BCUT2D eigenvalue weighted by molar-refractivity contribution is -0.420. The van der Waals surface area contributed by atoms with Gasteiger partial charge in [0.15, 0.2) is 0 Å². The maximum absolute atomic E-state index is 12.4. The Hall–Kier alpha value is -3.13. The number of rotatable bonds is 2. The lowest BCUT2D eigenvalue weighted by atomic mass is 9.94. The molecule has 0 N–H and O–H groups in total. The predicted octanol–water partition coefficient (Wildman–Crippen LogP) is 4.59. The normalized spacial score (nSPS) is 15.4. The molecule has 0 aromatic heterocycles. The van der Waals surface area contributed by atoms with E-state index in [0.717, 1.165) is 43.9 Å². The zero-order chi connectivity index (χ0) is 16.5. The topological polar surface area (TPSA) is 26.1 Å². The molecule has 0 fully saturated rings. The lowest BCUT2D eigenvalue weighted by Gasteiger charge is -2.09. The Balaban J connectivity index is 2.12. The van der Waals surface area contributed by atoms with E-state index in [1.165, 1.54) is 0 Å². The van der Waals surface area contributed by atoms with E-state index >= 15 is 0 Å². The monoisotopic (exact) mass is 311 g/mol. The molecule has 0 bridgehead atoms. The van der Waals surface area contributed by atoms with Gasteiger partial charge in [0, 0.05) is 5.57 Å². The van der Waals surface area contributed by atoms with Crippen molar-refractivity contribution >= 4 is 16.9 Å². The Morgan fingerprint density at radius 1 is 0.583 bits per heavy atom. The summed E-state index contributed by atoms with van der Waals surface area (Å²) in [5.74, 6) is 0. The van der Waals surface area contributed by atoms with Gasteiger partial charge in [0.1, 0.15) is 7.05 Å². The molecule has 1 aliphatic rings. The van der Waals surface area contributed by atoms with E-state index < -0.39 is 0 Å². The van der Waals surface area contributed by atoms with Crippen LogP contribution in [0.4, 0.5) is 0 Å². The molecule has 0 aliphatic heterocycles. The molecule has 0 saturated carbocycles. The Labute approximate surface area is 141 Å². The third kappa shape index (κ3) is 2.24. The van der Waals surface area contributed by atoms with Crippen LogP contribution in [0, 0.1) is 5.21 Å². The van der Waals surface area contributed by atoms with Gasteiger partial charge in [0.25, 0.3) is 0 Å². The van der Waals surface area contributed by atoms with E-state index in [0.29, 0.717) is 0 Å². The minimum Gasteiger partial charge on any atom is -0.624 e. The molecule has 0 heterocycles. The first-order valence-electron chi connectivity index (χ1n) is 8.00. The molecule has 0 atom stereocenters. The molecule has 0 radical (unpaired) electrons. The average molecular weight is 311 g/mol. The van der Waals surface area contributed by atoms with Gasteiger partial charge in [-0.05, 0) is 22.8 Å². The van der Waals surface area contributed by atoms with Gasteiger partial charge in [-0.25, -0.2) is 4.74 Å². The second kappa shape index (κ2) is 5.82. The van der Waals surface area contributed by atoms with Gasteiger partial charge in [-0.1, -0.05) is 78.9 Å². The molecule has 3 aromatic rings. The third-order valence-electron chi connectivity index (χ3n) is 4.38. The summed E-state index contributed by atoms with van der Waals surface area (Å²) in [6.45, 7) is 0. The Morgan fingerprint density at radius 2 is 1.04 bits per heavy atom. The zero-order valence-corrected chi connectivity index (χ0v) is 13.4. The second-order valence-corrected chi connectivity index (χ2v) is 5.87. The number of hydroxylamine groups is 1. The van der Waals surface area contributed by atoms with Crippen molar-refractivity contribution in [3.8, 4) is 0 Å². The highest BCUT2D eigenvalue weighted by Crippen LogP contribution is 2.42. The van der Waals surface area contributed by atoms with Gasteiger partial charge in [-0.2, -0.15) is 0 Å². The van der Waals surface area contributed by atoms with E-state index in [2.05, 4.69) is 30.3 Å². The molecule has 0 saturated heterocycles. The summed E-state index contributed by atoms with van der Waals surface area (Å²) < 4.78 is 0.983. The summed E-state index contributed by atoms with van der Waals surface area (Å²) in [6.07, 6.45) is 0. The number of allylic oxidation sites excluding steroid dienone is 1. The molecule has 0 amide bonds. The Bertz CT molecular complexity index is 950. The third-order valence-corrected chi connectivity index (χ3v) is 4.38. The molecule has 24 heavy (non-hydrogen) atoms. The van der Waals surface area contributed by atoms with Crippen molar-refractivity contribution in [3.63, 3.8) is 0 Å². The van der Waals surface area contributed by atoms with Crippen LogP contribution in [0.25, 0.3) is 11.1 Å². The second-order valence-electron chi connectivity index (χ2n) is 5.87. The van der Waals surface area contributed by atoms with E-state index in [9.17, 15) is 5.21 Å². The first kappa shape index (κ1) is 14.5. The lowest BCUT2D eigenvalue weighted by Crippen LogP contribution is -2.13. The Kier molecular flexibility index (Phi) is 3.51. The van der Waals surface area contributed by atoms with Crippen LogP contribution in [0.15, 0.2) is 84.9 Å². The summed E-state index contributed by atoms with van der Waals surface area (Å²) in [5.41, 5.74) is 7.14. The molecule has 0 unspecified atom stereocenters. The number of benzene rings is 3. The van der Waals surface area contributed by atoms with E-state index in [4.69, 9.17) is 0 Å². The summed E-state index contributed by atoms with van der Waals surface area (Å²) in [7, 11) is 1.57. The highest BCUT2D eigenvalue weighted by Gasteiger charge is 2.33. The van der Waals surface area contributed by atoms with E-state index in [-0.39, 0.29) is 0 Å². The molecule has 3 aromatic carbocycles. The van der Waals surface area contributed by atoms with Crippen LogP contribution in [-0.4, -0.2) is 17.5 Å². The standard InChI is InChI=1S/C22H17NO/c1-23(24)22-19-15-9-8-14-18(19)20(16-10-4-2-5-11-16)21(22)17-12-6-3-7-13-17/h2-15H,1H3/b23-22+. The van der Waals surface area contributed by atoms with Crippen LogP contribution < -0.4 is 0 Å². The molecular weight excluding hydrogens is 294 g/mol. The van der Waals surface area contributed by atoms with Gasteiger partial charge >= 0.3 is 0 Å². The molecular formula is C22H17NO. The van der Waals surface area contributed by atoms with Crippen molar-refractivity contribution in [1.82, 2.24) is 0 Å². The number of hydrogen-bond acceptors (Lipinski definition) is 1. The molecule has 116 valence electrons. The molecule has 2 heteroatoms. The summed E-state index contributed by atoms with van der Waals surface area (Å²) in [4.78, 5) is 0. The number of fused-ring (bicyclic) bond motifs is 1. The first-order chi connectivity index (χ1) is 11.8. The molecule has 0 spiro atoms. The number of nitrogens with zero attached hydrogens (tertiary/aromatic N) is 1.